The minimum Gasteiger partial charge on any atom is -0.377 e. The van der Waals surface area contributed by atoms with E-state index in [2.05, 4.69) is 44.4 Å². The summed E-state index contributed by atoms with van der Waals surface area (Å²) in [7, 11) is 0. The summed E-state index contributed by atoms with van der Waals surface area (Å²) in [6, 6.07) is 7.48. The van der Waals surface area contributed by atoms with Gasteiger partial charge in [-0.3, -0.25) is 9.59 Å². The normalized spacial score (nSPS) is 12.6. The molecule has 1 atom stereocenters. The van der Waals surface area contributed by atoms with Gasteiger partial charge in [-0.2, -0.15) is 5.26 Å². The van der Waals surface area contributed by atoms with Gasteiger partial charge in [0.25, 0.3) is 10.9 Å². The van der Waals surface area contributed by atoms with Crippen molar-refractivity contribution in [3.8, 4) is 6.07 Å². The molecule has 0 aliphatic rings. The third kappa shape index (κ3) is 3.90. The SMILES string of the molecule is CCCc1cc(C#N)ccc1Nc1c(N[C@H](C)C(C)(C)C)c(=O)c1=O. The summed E-state index contributed by atoms with van der Waals surface area (Å²) >= 11 is 0. The number of rotatable bonds is 6. The molecule has 0 radical (unpaired) electrons. The first-order valence-electron chi connectivity index (χ1n) is 8.59. The number of nitriles is 1. The first kappa shape index (κ1) is 18.7. The largest absolute Gasteiger partial charge is 0.377 e. The van der Waals surface area contributed by atoms with E-state index in [1.807, 2.05) is 13.0 Å². The first-order valence-corrected chi connectivity index (χ1v) is 8.59. The second kappa shape index (κ2) is 7.10. The van der Waals surface area contributed by atoms with Gasteiger partial charge in [-0.1, -0.05) is 34.1 Å². The second-order valence-electron chi connectivity index (χ2n) is 7.50. The van der Waals surface area contributed by atoms with E-state index in [0.29, 0.717) is 16.9 Å². The highest BCUT2D eigenvalue weighted by Crippen LogP contribution is 2.28. The molecule has 0 fully saturated rings. The van der Waals surface area contributed by atoms with Crippen LogP contribution in [-0.2, 0) is 6.42 Å². The van der Waals surface area contributed by atoms with Crippen molar-refractivity contribution in [2.45, 2.75) is 53.5 Å². The summed E-state index contributed by atoms with van der Waals surface area (Å²) in [6.45, 7) is 10.3. The molecule has 0 amide bonds. The maximum atomic E-state index is 12.0. The molecule has 0 saturated carbocycles. The van der Waals surface area contributed by atoms with Crippen LogP contribution in [0.2, 0.25) is 0 Å². The van der Waals surface area contributed by atoms with Crippen molar-refractivity contribution in [3.05, 3.63) is 49.8 Å². The van der Waals surface area contributed by atoms with Crippen LogP contribution in [-0.4, -0.2) is 6.04 Å². The Bertz CT molecular complexity index is 878. The number of hydrogen-bond donors (Lipinski definition) is 2. The van der Waals surface area contributed by atoms with Crippen LogP contribution in [0, 0.1) is 16.7 Å². The van der Waals surface area contributed by atoms with E-state index < -0.39 is 10.9 Å². The Morgan fingerprint density at radius 1 is 1.16 bits per heavy atom. The molecule has 0 aliphatic carbocycles. The van der Waals surface area contributed by atoms with E-state index in [9.17, 15) is 9.59 Å². The molecule has 0 unspecified atom stereocenters. The predicted molar refractivity (Wildman–Crippen MR) is 102 cm³/mol. The molecule has 0 aliphatic heterocycles. The van der Waals surface area contributed by atoms with Crippen LogP contribution in [0.25, 0.3) is 0 Å². The Labute approximate surface area is 148 Å². The van der Waals surface area contributed by atoms with Crippen molar-refractivity contribution in [2.75, 3.05) is 10.6 Å². The van der Waals surface area contributed by atoms with Gasteiger partial charge in [0.15, 0.2) is 0 Å². The first-order chi connectivity index (χ1) is 11.7. The van der Waals surface area contributed by atoms with Gasteiger partial charge >= 0.3 is 0 Å². The molecule has 0 saturated heterocycles. The third-order valence-electron chi connectivity index (χ3n) is 4.58. The van der Waals surface area contributed by atoms with Gasteiger partial charge in [-0.25, -0.2) is 0 Å². The highest BCUT2D eigenvalue weighted by atomic mass is 16.2. The maximum Gasteiger partial charge on any atom is 0.253 e. The Hall–Kier alpha value is -2.61. The van der Waals surface area contributed by atoms with Crippen molar-refractivity contribution >= 4 is 17.1 Å². The summed E-state index contributed by atoms with van der Waals surface area (Å²) in [6.07, 6.45) is 1.70. The molecule has 5 nitrogen and oxygen atoms in total. The average Bonchev–Trinajstić information content (AvgIpc) is 2.57. The van der Waals surface area contributed by atoms with Crippen LogP contribution in [0.5, 0.6) is 0 Å². The molecule has 5 heteroatoms. The lowest BCUT2D eigenvalue weighted by atomic mass is 9.87. The van der Waals surface area contributed by atoms with Crippen molar-refractivity contribution < 1.29 is 0 Å². The zero-order chi connectivity index (χ0) is 18.8. The zero-order valence-corrected chi connectivity index (χ0v) is 15.5. The summed E-state index contributed by atoms with van der Waals surface area (Å²) in [5, 5.41) is 15.3. The van der Waals surface area contributed by atoms with E-state index in [0.717, 1.165) is 24.1 Å². The van der Waals surface area contributed by atoms with Crippen molar-refractivity contribution in [1.29, 1.82) is 5.26 Å². The topological polar surface area (TPSA) is 82.0 Å². The van der Waals surface area contributed by atoms with Gasteiger partial charge in [0.1, 0.15) is 11.4 Å². The minimum atomic E-state index is -0.504. The minimum absolute atomic E-state index is 0.0347. The summed E-state index contributed by atoms with van der Waals surface area (Å²) in [5.74, 6) is 0. The van der Waals surface area contributed by atoms with Gasteiger partial charge in [0, 0.05) is 11.7 Å². The predicted octanol–water partition coefficient (Wildman–Crippen LogP) is 3.70. The molecular formula is C20H25N3O2. The van der Waals surface area contributed by atoms with E-state index in [-0.39, 0.29) is 11.5 Å². The van der Waals surface area contributed by atoms with E-state index in [1.54, 1.807) is 12.1 Å². The number of anilines is 3. The number of nitrogens with zero attached hydrogens (tertiary/aromatic N) is 1. The average molecular weight is 339 g/mol. The van der Waals surface area contributed by atoms with E-state index in [1.165, 1.54) is 0 Å². The molecule has 2 aromatic rings. The van der Waals surface area contributed by atoms with Crippen molar-refractivity contribution in [2.24, 2.45) is 5.41 Å². The summed E-state index contributed by atoms with van der Waals surface area (Å²) in [5.41, 5.74) is 1.93. The van der Waals surface area contributed by atoms with Crippen LogP contribution in [0.4, 0.5) is 17.1 Å². The van der Waals surface area contributed by atoms with E-state index >= 15 is 0 Å². The Morgan fingerprint density at radius 2 is 1.80 bits per heavy atom. The zero-order valence-electron chi connectivity index (χ0n) is 15.5. The molecule has 2 aromatic carbocycles. The third-order valence-corrected chi connectivity index (χ3v) is 4.58. The van der Waals surface area contributed by atoms with Gasteiger partial charge < -0.3 is 10.6 Å². The number of hydrogen-bond acceptors (Lipinski definition) is 5. The van der Waals surface area contributed by atoms with Gasteiger partial charge in [0.05, 0.1) is 11.6 Å². The molecule has 25 heavy (non-hydrogen) atoms. The Kier molecular flexibility index (Phi) is 5.32. The van der Waals surface area contributed by atoms with Crippen LogP contribution in [0.15, 0.2) is 27.8 Å². The van der Waals surface area contributed by atoms with Crippen LogP contribution >= 0.6 is 0 Å². The smallest absolute Gasteiger partial charge is 0.253 e. The highest BCUT2D eigenvalue weighted by Gasteiger charge is 2.27. The monoisotopic (exact) mass is 339 g/mol. The van der Waals surface area contributed by atoms with Crippen molar-refractivity contribution in [1.82, 2.24) is 0 Å². The molecular weight excluding hydrogens is 314 g/mol. The van der Waals surface area contributed by atoms with Gasteiger partial charge in [-0.15, -0.1) is 0 Å². The van der Waals surface area contributed by atoms with Gasteiger partial charge in [0.2, 0.25) is 0 Å². The summed E-state index contributed by atoms with van der Waals surface area (Å²) < 4.78 is 0. The fourth-order valence-electron chi connectivity index (χ4n) is 2.48. The molecule has 132 valence electrons. The van der Waals surface area contributed by atoms with Crippen LogP contribution in [0.1, 0.15) is 52.2 Å². The number of benzene rings is 1. The molecule has 2 N–H and O–H groups in total. The van der Waals surface area contributed by atoms with Crippen LogP contribution < -0.4 is 21.5 Å². The fraction of sp³-hybridized carbons (Fsp3) is 0.450. The van der Waals surface area contributed by atoms with Crippen LogP contribution in [0.3, 0.4) is 0 Å². The van der Waals surface area contributed by atoms with Gasteiger partial charge in [-0.05, 0) is 42.5 Å². The highest BCUT2D eigenvalue weighted by molar-refractivity contribution is 5.80. The Morgan fingerprint density at radius 3 is 2.36 bits per heavy atom. The lowest BCUT2D eigenvalue weighted by Gasteiger charge is -2.30. The summed E-state index contributed by atoms with van der Waals surface area (Å²) in [4.78, 5) is 24.0. The molecule has 0 bridgehead atoms. The lowest BCUT2D eigenvalue weighted by molar-refractivity contribution is 0.359. The second-order valence-corrected chi connectivity index (χ2v) is 7.50. The van der Waals surface area contributed by atoms with E-state index in [4.69, 9.17) is 5.26 Å². The lowest BCUT2D eigenvalue weighted by Crippen LogP contribution is -2.41. The molecule has 0 spiro atoms. The molecule has 0 heterocycles. The fourth-order valence-corrected chi connectivity index (χ4v) is 2.48. The standard InChI is InChI=1S/C20H25N3O2/c1-6-7-14-10-13(11-21)8-9-15(14)23-17-16(18(24)19(17)25)22-12(2)20(3,4)5/h8-10,12,22-23H,6-7H2,1-5H3/t12-/m1/s1. The van der Waals surface area contributed by atoms with Crippen molar-refractivity contribution in [3.63, 3.8) is 0 Å². The quantitative estimate of drug-likeness (QED) is 0.784. The Balaban J connectivity index is 2.34. The molecule has 0 aromatic heterocycles. The maximum absolute atomic E-state index is 12.0. The number of aryl methyl sites for hydroxylation is 1. The molecule has 2 rings (SSSR count). The number of nitrogens with one attached hydrogen (secondary N) is 2.